The molecule has 41 heavy (non-hydrogen) atoms. The fourth-order valence-electron chi connectivity index (χ4n) is 7.16. The zero-order valence-corrected chi connectivity index (χ0v) is 25.3. The van der Waals surface area contributed by atoms with Crippen molar-refractivity contribution < 1.29 is 23.1 Å². The summed E-state index contributed by atoms with van der Waals surface area (Å²) in [5, 5.41) is 11.1. The molecular weight excluding hydrogens is 560 g/mol. The number of aliphatic hydroxyl groups excluding tert-OH is 1. The second-order valence-corrected chi connectivity index (χ2v) is 15.1. The Balaban J connectivity index is 1.42. The molecule has 0 saturated heterocycles. The summed E-state index contributed by atoms with van der Waals surface area (Å²) >= 11 is 6.38. The van der Waals surface area contributed by atoms with Gasteiger partial charge in [0.25, 0.3) is 5.91 Å². The van der Waals surface area contributed by atoms with Gasteiger partial charge in [-0.25, -0.2) is 13.1 Å². The summed E-state index contributed by atoms with van der Waals surface area (Å²) in [6.45, 7) is 5.39. The zero-order chi connectivity index (χ0) is 28.9. The Morgan fingerprint density at radius 2 is 1.98 bits per heavy atom. The van der Waals surface area contributed by atoms with Crippen molar-refractivity contribution >= 4 is 33.2 Å². The first kappa shape index (κ1) is 28.6. The van der Waals surface area contributed by atoms with E-state index in [1.807, 2.05) is 25.1 Å². The third kappa shape index (κ3) is 5.39. The lowest BCUT2D eigenvalue weighted by Gasteiger charge is -2.45. The smallest absolute Gasteiger partial charge is 0.264 e. The number of carbonyl (C=O) groups excluding carboxylic acids is 1. The van der Waals surface area contributed by atoms with Crippen LogP contribution in [0.4, 0.5) is 5.69 Å². The first-order chi connectivity index (χ1) is 19.6. The molecule has 1 fully saturated rings. The molecule has 0 aromatic heterocycles. The first-order valence-electron chi connectivity index (χ1n) is 14.8. The van der Waals surface area contributed by atoms with Crippen LogP contribution in [0.1, 0.15) is 67.4 Å². The lowest BCUT2D eigenvalue weighted by molar-refractivity contribution is 0.0456. The molecule has 2 aromatic carbocycles. The molecular formula is C32H39ClN2O5S. The summed E-state index contributed by atoms with van der Waals surface area (Å²) in [6, 6.07) is 11.4. The molecule has 2 N–H and O–H groups in total. The van der Waals surface area contributed by atoms with Gasteiger partial charge in [0.05, 0.1) is 23.6 Å². The van der Waals surface area contributed by atoms with Crippen molar-refractivity contribution in [2.24, 2.45) is 17.8 Å². The number of allylic oxidation sites excluding steroid dienone is 1. The predicted molar refractivity (Wildman–Crippen MR) is 161 cm³/mol. The van der Waals surface area contributed by atoms with Gasteiger partial charge in [-0.3, -0.25) is 4.79 Å². The van der Waals surface area contributed by atoms with Crippen molar-refractivity contribution in [2.75, 3.05) is 24.6 Å². The minimum absolute atomic E-state index is 0.128. The average Bonchev–Trinajstić information content (AvgIpc) is 3.06. The lowest BCUT2D eigenvalue weighted by Crippen LogP contribution is -2.49. The monoisotopic (exact) mass is 598 g/mol. The SMILES string of the molecule is C[C@@H]1C/C=C/[C@H](O)[C@@H]2CC[C@H]2CN2C[C@@]3(CCCc4cc(Cl)ccc43)COc3ccc(cc32)C(=O)NS(=O)(=O)[C@H]1C. The van der Waals surface area contributed by atoms with Crippen LogP contribution in [0.15, 0.2) is 48.6 Å². The molecule has 9 heteroatoms. The van der Waals surface area contributed by atoms with E-state index in [2.05, 4.69) is 21.8 Å². The van der Waals surface area contributed by atoms with Gasteiger partial charge < -0.3 is 14.7 Å². The summed E-state index contributed by atoms with van der Waals surface area (Å²) in [5.74, 6) is 0.232. The first-order valence-corrected chi connectivity index (χ1v) is 16.7. The second-order valence-electron chi connectivity index (χ2n) is 12.6. The molecule has 6 atom stereocenters. The Morgan fingerprint density at radius 3 is 2.76 bits per heavy atom. The van der Waals surface area contributed by atoms with Crippen LogP contribution in [-0.2, 0) is 21.9 Å². The van der Waals surface area contributed by atoms with E-state index >= 15 is 0 Å². The Labute approximate surface area is 248 Å². The van der Waals surface area contributed by atoms with E-state index in [9.17, 15) is 18.3 Å². The summed E-state index contributed by atoms with van der Waals surface area (Å²) in [6.07, 6.45) is 8.58. The maximum absolute atomic E-state index is 13.3. The van der Waals surface area contributed by atoms with Crippen molar-refractivity contribution in [2.45, 2.75) is 69.1 Å². The number of halogens is 1. The van der Waals surface area contributed by atoms with Gasteiger partial charge in [0.2, 0.25) is 10.0 Å². The van der Waals surface area contributed by atoms with E-state index in [0.29, 0.717) is 31.9 Å². The molecule has 6 rings (SSSR count). The number of sulfonamides is 1. The normalized spacial score (nSPS) is 33.8. The largest absolute Gasteiger partial charge is 0.490 e. The molecule has 220 valence electrons. The standard InChI is InChI=1S/C32H39ClN2O5S/c1-20-5-3-7-29(36)26-11-8-24(26)17-35-18-32(14-4-6-22-15-25(33)10-12-27(22)32)19-40-30-13-9-23(16-28(30)35)31(37)34-41(38,39)21(20)2/h3,7,9-10,12-13,15-16,20-21,24,26,29,36H,4-6,8,11,14,17-19H2,1-2H3,(H,34,37)/b7-3+/t20-,21+,24+,26-,29+,32+/m1/s1. The lowest BCUT2D eigenvalue weighted by atomic mass is 9.68. The van der Waals surface area contributed by atoms with Crippen LogP contribution in [0.5, 0.6) is 5.75 Å². The fourth-order valence-corrected chi connectivity index (χ4v) is 8.64. The Morgan fingerprint density at radius 1 is 1.15 bits per heavy atom. The van der Waals surface area contributed by atoms with Gasteiger partial charge in [-0.05, 0) is 105 Å². The van der Waals surface area contributed by atoms with E-state index in [0.717, 1.165) is 42.8 Å². The molecule has 1 spiro atoms. The predicted octanol–water partition coefficient (Wildman–Crippen LogP) is 5.24. The van der Waals surface area contributed by atoms with Crippen LogP contribution >= 0.6 is 11.6 Å². The zero-order valence-electron chi connectivity index (χ0n) is 23.7. The number of carbonyl (C=O) groups is 1. The van der Waals surface area contributed by atoms with Crippen LogP contribution in [0.3, 0.4) is 0 Å². The van der Waals surface area contributed by atoms with Crippen molar-refractivity contribution in [1.29, 1.82) is 0 Å². The molecule has 2 aliphatic carbocycles. The Hall–Kier alpha value is -2.55. The van der Waals surface area contributed by atoms with Crippen LogP contribution < -0.4 is 14.4 Å². The molecule has 0 unspecified atom stereocenters. The molecule has 2 aromatic rings. The number of aliphatic hydroxyl groups is 1. The van der Waals surface area contributed by atoms with Gasteiger partial charge in [-0.2, -0.15) is 0 Å². The highest BCUT2D eigenvalue weighted by atomic mass is 35.5. The third-order valence-corrected chi connectivity index (χ3v) is 12.2. The van der Waals surface area contributed by atoms with Gasteiger partial charge in [-0.1, -0.05) is 36.7 Å². The quantitative estimate of drug-likeness (QED) is 0.403. The van der Waals surface area contributed by atoms with Gasteiger partial charge >= 0.3 is 0 Å². The van der Waals surface area contributed by atoms with Crippen molar-refractivity contribution in [3.63, 3.8) is 0 Å². The number of rotatable bonds is 0. The van der Waals surface area contributed by atoms with Crippen molar-refractivity contribution in [3.05, 3.63) is 70.3 Å². The van der Waals surface area contributed by atoms with Crippen molar-refractivity contribution in [1.82, 2.24) is 4.72 Å². The summed E-state index contributed by atoms with van der Waals surface area (Å²) in [4.78, 5) is 15.6. The minimum atomic E-state index is -3.91. The Bertz CT molecular complexity index is 1480. The number of amides is 1. The van der Waals surface area contributed by atoms with Crippen LogP contribution in [0.25, 0.3) is 0 Å². The molecule has 2 bridgehead atoms. The third-order valence-electron chi connectivity index (χ3n) is 10.0. The van der Waals surface area contributed by atoms with E-state index in [1.165, 1.54) is 11.1 Å². The highest BCUT2D eigenvalue weighted by molar-refractivity contribution is 7.90. The van der Waals surface area contributed by atoms with Crippen LogP contribution in [0, 0.1) is 17.8 Å². The summed E-state index contributed by atoms with van der Waals surface area (Å²) in [7, 11) is -3.91. The molecule has 4 aliphatic rings. The molecule has 7 nitrogen and oxygen atoms in total. The fraction of sp³-hybridized carbons (Fsp3) is 0.531. The number of nitrogens with zero attached hydrogens (tertiary/aromatic N) is 1. The van der Waals surface area contributed by atoms with Gasteiger partial charge in [-0.15, -0.1) is 0 Å². The highest BCUT2D eigenvalue weighted by Crippen LogP contribution is 2.46. The van der Waals surface area contributed by atoms with Gasteiger partial charge in [0.15, 0.2) is 0 Å². The Kier molecular flexibility index (Phi) is 7.62. The molecule has 2 heterocycles. The van der Waals surface area contributed by atoms with Gasteiger partial charge in [0.1, 0.15) is 5.75 Å². The van der Waals surface area contributed by atoms with Crippen molar-refractivity contribution in [3.8, 4) is 5.75 Å². The number of fused-ring (bicyclic) bond motifs is 4. The number of hydrogen-bond donors (Lipinski definition) is 2. The number of nitrogens with one attached hydrogen (secondary N) is 1. The molecule has 1 amide bonds. The second kappa shape index (κ2) is 10.9. The number of ether oxygens (including phenoxy) is 1. The van der Waals surface area contributed by atoms with Crippen LogP contribution in [-0.4, -0.2) is 50.5 Å². The summed E-state index contributed by atoms with van der Waals surface area (Å²) in [5.41, 5.74) is 3.33. The van der Waals surface area contributed by atoms with Gasteiger partial charge in [0, 0.05) is 29.1 Å². The number of hydrogen-bond acceptors (Lipinski definition) is 6. The highest BCUT2D eigenvalue weighted by Gasteiger charge is 2.44. The minimum Gasteiger partial charge on any atom is -0.490 e. The topological polar surface area (TPSA) is 95.9 Å². The maximum atomic E-state index is 13.3. The molecule has 2 aliphatic heterocycles. The van der Waals surface area contributed by atoms with E-state index in [-0.39, 0.29) is 28.7 Å². The number of benzene rings is 2. The van der Waals surface area contributed by atoms with E-state index < -0.39 is 27.3 Å². The summed E-state index contributed by atoms with van der Waals surface area (Å²) < 4.78 is 35.1. The molecule has 1 saturated carbocycles. The van der Waals surface area contributed by atoms with E-state index in [4.69, 9.17) is 16.3 Å². The number of aryl methyl sites for hydroxylation is 1. The maximum Gasteiger partial charge on any atom is 0.264 e. The van der Waals surface area contributed by atoms with Crippen LogP contribution in [0.2, 0.25) is 5.02 Å². The molecule has 0 radical (unpaired) electrons. The van der Waals surface area contributed by atoms with E-state index in [1.54, 1.807) is 25.1 Å². The average molecular weight is 599 g/mol. The number of anilines is 1.